The predicted molar refractivity (Wildman–Crippen MR) is 133 cm³/mol. The third-order valence-corrected chi connectivity index (χ3v) is 6.28. The molecule has 34 heavy (non-hydrogen) atoms. The van der Waals surface area contributed by atoms with E-state index in [1.807, 2.05) is 41.3 Å². The van der Waals surface area contributed by atoms with E-state index in [4.69, 9.17) is 4.74 Å². The van der Waals surface area contributed by atoms with Gasteiger partial charge in [0.25, 0.3) is 11.8 Å². The van der Waals surface area contributed by atoms with Gasteiger partial charge in [0, 0.05) is 41.5 Å². The molecule has 0 aliphatic carbocycles. The Morgan fingerprint density at radius 3 is 2.21 bits per heavy atom. The highest BCUT2D eigenvalue weighted by Gasteiger charge is 2.26. The van der Waals surface area contributed by atoms with Crippen LogP contribution in [0, 0.1) is 0 Å². The Morgan fingerprint density at radius 2 is 1.50 bits per heavy atom. The van der Waals surface area contributed by atoms with E-state index in [1.165, 1.54) is 0 Å². The number of halogens is 1. The van der Waals surface area contributed by atoms with Gasteiger partial charge in [-0.05, 0) is 36.4 Å². The highest BCUT2D eigenvalue weighted by molar-refractivity contribution is 9.10. The molecule has 1 aliphatic rings. The van der Waals surface area contributed by atoms with Gasteiger partial charge in [-0.3, -0.25) is 14.4 Å². The molecule has 4 rings (SSSR count). The van der Waals surface area contributed by atoms with Crippen LogP contribution >= 0.6 is 15.9 Å². The van der Waals surface area contributed by atoms with Crippen molar-refractivity contribution in [2.24, 2.45) is 0 Å². The van der Waals surface area contributed by atoms with Gasteiger partial charge >= 0.3 is 0 Å². The molecule has 1 heterocycles. The van der Waals surface area contributed by atoms with Crippen LogP contribution in [-0.4, -0.2) is 48.2 Å². The van der Waals surface area contributed by atoms with Gasteiger partial charge in [0.1, 0.15) is 11.9 Å². The molecule has 1 saturated heterocycles. The number of amides is 2. The summed E-state index contributed by atoms with van der Waals surface area (Å²) in [6.07, 6.45) is 1.24. The van der Waals surface area contributed by atoms with Crippen LogP contribution in [0.2, 0.25) is 0 Å². The molecule has 0 aromatic heterocycles. The molecule has 174 valence electrons. The molecule has 2 amide bonds. The number of likely N-dealkylation sites (tertiary alicyclic amines) is 1. The molecule has 0 atom stereocenters. The number of ketones is 1. The minimum Gasteiger partial charge on any atom is -0.489 e. The van der Waals surface area contributed by atoms with Crippen LogP contribution in [0.1, 0.15) is 43.9 Å². The first-order valence-corrected chi connectivity index (χ1v) is 12.0. The topological polar surface area (TPSA) is 75.7 Å². The maximum atomic E-state index is 12.8. The van der Waals surface area contributed by atoms with Gasteiger partial charge in [0.2, 0.25) is 0 Å². The zero-order valence-corrected chi connectivity index (χ0v) is 20.2. The molecule has 0 radical (unpaired) electrons. The summed E-state index contributed by atoms with van der Waals surface area (Å²) >= 11 is 3.39. The van der Waals surface area contributed by atoms with Gasteiger partial charge in [0.15, 0.2) is 5.78 Å². The Labute approximate surface area is 207 Å². The lowest BCUT2D eigenvalue weighted by Gasteiger charge is -2.32. The van der Waals surface area contributed by atoms with Crippen LogP contribution in [-0.2, 0) is 0 Å². The van der Waals surface area contributed by atoms with Gasteiger partial charge in [-0.15, -0.1) is 0 Å². The SMILES string of the molecule is O=C(CNC(=O)c1ccccc1OC1CCN(C(=O)c2ccc(Br)cc2)CC1)c1ccccc1. The number of benzene rings is 3. The summed E-state index contributed by atoms with van der Waals surface area (Å²) in [5.74, 6) is -0.0310. The normalized spacial score (nSPS) is 13.9. The van der Waals surface area contributed by atoms with E-state index in [-0.39, 0.29) is 30.2 Å². The molecule has 0 bridgehead atoms. The highest BCUT2D eigenvalue weighted by Crippen LogP contribution is 2.24. The number of ether oxygens (including phenoxy) is 1. The van der Waals surface area contributed by atoms with Crippen molar-refractivity contribution in [3.8, 4) is 5.75 Å². The van der Waals surface area contributed by atoms with Gasteiger partial charge in [-0.2, -0.15) is 0 Å². The maximum absolute atomic E-state index is 12.8. The zero-order valence-electron chi connectivity index (χ0n) is 18.6. The molecule has 3 aromatic carbocycles. The Bertz CT molecular complexity index is 1160. The number of carbonyl (C=O) groups is 3. The van der Waals surface area contributed by atoms with Gasteiger partial charge in [-0.25, -0.2) is 0 Å². The summed E-state index contributed by atoms with van der Waals surface area (Å²) in [4.78, 5) is 39.6. The van der Waals surface area contributed by atoms with E-state index in [0.29, 0.717) is 48.4 Å². The van der Waals surface area contributed by atoms with Crippen LogP contribution in [0.15, 0.2) is 83.3 Å². The van der Waals surface area contributed by atoms with Crippen LogP contribution < -0.4 is 10.1 Å². The minimum absolute atomic E-state index is 0.00816. The van der Waals surface area contributed by atoms with Crippen molar-refractivity contribution in [3.05, 3.63) is 100 Å². The average Bonchev–Trinajstić information content (AvgIpc) is 2.88. The number of nitrogens with one attached hydrogen (secondary N) is 1. The van der Waals surface area contributed by atoms with Crippen LogP contribution in [0.3, 0.4) is 0 Å². The van der Waals surface area contributed by atoms with Crippen LogP contribution in [0.5, 0.6) is 5.75 Å². The minimum atomic E-state index is -0.359. The molecule has 1 aliphatic heterocycles. The molecule has 1 N–H and O–H groups in total. The first-order valence-electron chi connectivity index (χ1n) is 11.2. The molecule has 7 heteroatoms. The third kappa shape index (κ3) is 5.91. The summed E-state index contributed by atoms with van der Waals surface area (Å²) in [6.45, 7) is 1.08. The predicted octanol–water partition coefficient (Wildman–Crippen LogP) is 4.75. The number of Topliss-reactive ketones (excluding diaryl/α,β-unsaturated/α-hetero) is 1. The van der Waals surface area contributed by atoms with Crippen LogP contribution in [0.25, 0.3) is 0 Å². The number of rotatable bonds is 7. The molecule has 1 fully saturated rings. The number of piperidine rings is 1. The van der Waals surface area contributed by atoms with Crippen molar-refractivity contribution in [2.45, 2.75) is 18.9 Å². The molecular weight excluding hydrogens is 496 g/mol. The number of nitrogens with zero attached hydrogens (tertiary/aromatic N) is 1. The van der Waals surface area contributed by atoms with Gasteiger partial charge in [0.05, 0.1) is 12.1 Å². The molecule has 0 saturated carbocycles. The second-order valence-electron chi connectivity index (χ2n) is 8.08. The van der Waals surface area contributed by atoms with Gasteiger partial charge < -0.3 is 15.0 Å². The largest absolute Gasteiger partial charge is 0.489 e. The molecule has 6 nitrogen and oxygen atoms in total. The van der Waals surface area contributed by atoms with Crippen molar-refractivity contribution < 1.29 is 19.1 Å². The number of carbonyl (C=O) groups excluding carboxylic acids is 3. The fourth-order valence-corrected chi connectivity index (χ4v) is 4.13. The van der Waals surface area contributed by atoms with E-state index >= 15 is 0 Å². The van der Waals surface area contributed by atoms with Crippen LogP contribution in [0.4, 0.5) is 0 Å². The Kier molecular flexibility index (Phi) is 7.75. The summed E-state index contributed by atoms with van der Waals surface area (Å²) < 4.78 is 7.09. The maximum Gasteiger partial charge on any atom is 0.255 e. The second kappa shape index (κ2) is 11.1. The van der Waals surface area contributed by atoms with Crippen molar-refractivity contribution in [1.29, 1.82) is 0 Å². The summed E-state index contributed by atoms with van der Waals surface area (Å²) in [6, 6.07) is 23.2. The second-order valence-corrected chi connectivity index (χ2v) is 9.00. The zero-order chi connectivity index (χ0) is 23.9. The lowest BCUT2D eigenvalue weighted by Crippen LogP contribution is -2.42. The highest BCUT2D eigenvalue weighted by atomic mass is 79.9. The fraction of sp³-hybridized carbons (Fsp3) is 0.222. The monoisotopic (exact) mass is 520 g/mol. The quantitative estimate of drug-likeness (QED) is 0.456. The summed E-state index contributed by atoms with van der Waals surface area (Å²) in [5, 5.41) is 2.69. The summed E-state index contributed by atoms with van der Waals surface area (Å²) in [5.41, 5.74) is 1.60. The number of hydrogen-bond donors (Lipinski definition) is 1. The third-order valence-electron chi connectivity index (χ3n) is 5.75. The summed E-state index contributed by atoms with van der Waals surface area (Å²) in [7, 11) is 0. The Morgan fingerprint density at radius 1 is 0.853 bits per heavy atom. The molecule has 3 aromatic rings. The van der Waals surface area contributed by atoms with Gasteiger partial charge in [-0.1, -0.05) is 58.4 Å². The first kappa shape index (κ1) is 23.7. The number of hydrogen-bond acceptors (Lipinski definition) is 4. The standard InChI is InChI=1S/C27H25BrN2O4/c28-21-12-10-20(11-13-21)27(33)30-16-14-22(15-17-30)34-25-9-5-4-8-23(25)26(32)29-18-24(31)19-6-2-1-3-7-19/h1-13,22H,14-18H2,(H,29,32). The first-order chi connectivity index (χ1) is 16.5. The molecular formula is C27H25BrN2O4. The number of para-hydroxylation sites is 1. The Balaban J connectivity index is 1.32. The molecule has 0 unspecified atom stereocenters. The Hall–Kier alpha value is -3.45. The van der Waals surface area contributed by atoms with E-state index in [9.17, 15) is 14.4 Å². The van der Waals surface area contributed by atoms with E-state index in [2.05, 4.69) is 21.2 Å². The van der Waals surface area contributed by atoms with E-state index in [1.54, 1.807) is 42.5 Å². The van der Waals surface area contributed by atoms with Crippen molar-refractivity contribution in [2.75, 3.05) is 19.6 Å². The fourth-order valence-electron chi connectivity index (χ4n) is 3.87. The van der Waals surface area contributed by atoms with Crippen molar-refractivity contribution in [3.63, 3.8) is 0 Å². The van der Waals surface area contributed by atoms with E-state index < -0.39 is 0 Å². The van der Waals surface area contributed by atoms with Crippen molar-refractivity contribution in [1.82, 2.24) is 10.2 Å². The lowest BCUT2D eigenvalue weighted by atomic mass is 10.1. The average molecular weight is 521 g/mol. The smallest absolute Gasteiger partial charge is 0.255 e. The lowest BCUT2D eigenvalue weighted by molar-refractivity contribution is 0.0593. The molecule has 0 spiro atoms. The van der Waals surface area contributed by atoms with E-state index in [0.717, 1.165) is 4.47 Å². The van der Waals surface area contributed by atoms with Crippen molar-refractivity contribution >= 4 is 33.5 Å².